The summed E-state index contributed by atoms with van der Waals surface area (Å²) in [6.45, 7) is 2.13. The molecule has 0 amide bonds. The molecule has 24 heavy (non-hydrogen) atoms. The van der Waals surface area contributed by atoms with Crippen molar-refractivity contribution < 1.29 is 0 Å². The van der Waals surface area contributed by atoms with Crippen molar-refractivity contribution in [3.05, 3.63) is 28.7 Å². The van der Waals surface area contributed by atoms with Gasteiger partial charge in [0.05, 0.1) is 0 Å². The quantitative estimate of drug-likeness (QED) is 0.921. The minimum atomic E-state index is -0.102. The lowest BCUT2D eigenvalue weighted by Crippen LogP contribution is -2.42. The van der Waals surface area contributed by atoms with E-state index in [4.69, 9.17) is 0 Å². The largest absolute Gasteiger partial charge is 0.341 e. The number of hydrogen-bond donors (Lipinski definition) is 1. The first-order valence-corrected chi connectivity index (χ1v) is 9.00. The molecule has 128 valence electrons. The molecule has 1 N–H and O–H groups in total. The minimum absolute atomic E-state index is 0.102. The molecule has 6 heteroatoms. The first-order chi connectivity index (χ1) is 11.7. The molecule has 0 bridgehead atoms. The van der Waals surface area contributed by atoms with Crippen molar-refractivity contribution in [3.8, 4) is 11.4 Å². The number of pyridine rings is 1. The van der Waals surface area contributed by atoms with E-state index in [1.807, 2.05) is 11.6 Å². The van der Waals surface area contributed by atoms with Crippen LogP contribution in [-0.2, 0) is 7.05 Å². The fraction of sp³-hybridized carbons (Fsp3) is 0.611. The van der Waals surface area contributed by atoms with Gasteiger partial charge in [0.1, 0.15) is 0 Å². The lowest BCUT2D eigenvalue weighted by atomic mass is 9.68. The summed E-state index contributed by atoms with van der Waals surface area (Å²) in [5, 5.41) is 8.76. The molecule has 3 heterocycles. The van der Waals surface area contributed by atoms with E-state index < -0.39 is 0 Å². The first-order valence-electron chi connectivity index (χ1n) is 9.00. The first kappa shape index (κ1) is 15.4. The number of aromatic nitrogens is 4. The van der Waals surface area contributed by atoms with Gasteiger partial charge in [0.15, 0.2) is 5.82 Å². The maximum atomic E-state index is 11.2. The molecule has 0 atom stereocenters. The maximum absolute atomic E-state index is 11.2. The number of hydrogen-bond acceptors (Lipinski definition) is 4. The van der Waals surface area contributed by atoms with E-state index in [0.29, 0.717) is 5.41 Å². The third-order valence-corrected chi connectivity index (χ3v) is 5.92. The molecule has 2 aliphatic rings. The number of anilines is 1. The summed E-state index contributed by atoms with van der Waals surface area (Å²) < 4.78 is 2.03. The average molecular weight is 327 g/mol. The van der Waals surface area contributed by atoms with E-state index in [-0.39, 0.29) is 5.56 Å². The predicted molar refractivity (Wildman–Crippen MR) is 94.0 cm³/mol. The fourth-order valence-corrected chi connectivity index (χ4v) is 4.38. The van der Waals surface area contributed by atoms with Crippen LogP contribution in [-0.4, -0.2) is 32.8 Å². The topological polar surface area (TPSA) is 66.8 Å². The Kier molecular flexibility index (Phi) is 3.90. The highest BCUT2D eigenvalue weighted by Gasteiger charge is 2.36. The van der Waals surface area contributed by atoms with Gasteiger partial charge in [-0.2, -0.15) is 0 Å². The van der Waals surface area contributed by atoms with Gasteiger partial charge in [-0.1, -0.05) is 19.3 Å². The summed E-state index contributed by atoms with van der Waals surface area (Å²) in [7, 11) is 2.00. The molecule has 2 fully saturated rings. The van der Waals surface area contributed by atoms with Crippen LogP contribution in [0.3, 0.4) is 0 Å². The number of H-pyrrole nitrogens is 1. The molecule has 1 saturated heterocycles. The molecular formula is C18H25N5O. The number of piperidine rings is 1. The average Bonchev–Trinajstić information content (AvgIpc) is 2.99. The monoisotopic (exact) mass is 327 g/mol. The van der Waals surface area contributed by atoms with Crippen LogP contribution in [0.25, 0.3) is 11.4 Å². The molecule has 0 radical (unpaired) electrons. The van der Waals surface area contributed by atoms with Crippen LogP contribution in [0, 0.1) is 5.41 Å². The van der Waals surface area contributed by atoms with Crippen molar-refractivity contribution in [2.24, 2.45) is 12.5 Å². The van der Waals surface area contributed by atoms with E-state index in [0.717, 1.165) is 30.4 Å². The molecule has 1 aliphatic heterocycles. The zero-order valence-corrected chi connectivity index (χ0v) is 14.3. The molecule has 1 saturated carbocycles. The van der Waals surface area contributed by atoms with E-state index in [1.165, 1.54) is 51.0 Å². The molecule has 2 aromatic rings. The molecule has 0 unspecified atom stereocenters. The van der Waals surface area contributed by atoms with Crippen LogP contribution in [0.2, 0.25) is 0 Å². The Morgan fingerprint density at radius 2 is 1.79 bits per heavy atom. The fourth-order valence-electron chi connectivity index (χ4n) is 4.38. The lowest BCUT2D eigenvalue weighted by Gasteiger charge is -2.44. The Hall–Kier alpha value is -2.11. The van der Waals surface area contributed by atoms with Gasteiger partial charge in [-0.15, -0.1) is 10.2 Å². The van der Waals surface area contributed by atoms with Crippen molar-refractivity contribution in [2.75, 3.05) is 18.0 Å². The third-order valence-electron chi connectivity index (χ3n) is 5.92. The summed E-state index contributed by atoms with van der Waals surface area (Å²) in [5.74, 6) is 1.72. The highest BCUT2D eigenvalue weighted by molar-refractivity contribution is 5.56. The molecule has 1 spiro atoms. The summed E-state index contributed by atoms with van der Waals surface area (Å²) in [4.78, 5) is 16.3. The van der Waals surface area contributed by atoms with Crippen molar-refractivity contribution in [2.45, 2.75) is 44.9 Å². The second-order valence-electron chi connectivity index (χ2n) is 7.37. The minimum Gasteiger partial charge on any atom is -0.341 e. The Balaban J connectivity index is 1.51. The Labute approximate surface area is 141 Å². The standard InChI is InChI=1S/C18H25N5O/c1-22-16(14-5-6-15(24)19-13-14)20-21-17(22)23-11-9-18(10-12-23)7-3-2-4-8-18/h5-6,13H,2-4,7-12H2,1H3,(H,19,24). The molecule has 2 aromatic heterocycles. The number of nitrogens with one attached hydrogen (secondary N) is 1. The summed E-state index contributed by atoms with van der Waals surface area (Å²) in [6, 6.07) is 3.32. The summed E-state index contributed by atoms with van der Waals surface area (Å²) >= 11 is 0. The van der Waals surface area contributed by atoms with Gasteiger partial charge in [-0.3, -0.25) is 9.36 Å². The van der Waals surface area contributed by atoms with Gasteiger partial charge >= 0.3 is 0 Å². The van der Waals surface area contributed by atoms with E-state index in [2.05, 4.69) is 20.1 Å². The van der Waals surface area contributed by atoms with Crippen LogP contribution >= 0.6 is 0 Å². The Bertz CT molecular complexity index is 741. The van der Waals surface area contributed by atoms with Crippen LogP contribution in [0.5, 0.6) is 0 Å². The van der Waals surface area contributed by atoms with Crippen LogP contribution in [0.4, 0.5) is 5.95 Å². The second kappa shape index (κ2) is 6.07. The summed E-state index contributed by atoms with van der Waals surface area (Å²) in [6.07, 6.45) is 11.3. The number of aromatic amines is 1. The summed E-state index contributed by atoms with van der Waals surface area (Å²) in [5.41, 5.74) is 1.38. The van der Waals surface area contributed by atoms with Crippen molar-refractivity contribution in [1.82, 2.24) is 19.7 Å². The SMILES string of the molecule is Cn1c(-c2ccc(=O)[nH]c2)nnc1N1CCC2(CCCCC2)CC1. The van der Waals surface area contributed by atoms with Crippen LogP contribution in [0.15, 0.2) is 23.1 Å². The van der Waals surface area contributed by atoms with Crippen molar-refractivity contribution in [3.63, 3.8) is 0 Å². The van der Waals surface area contributed by atoms with E-state index in [1.54, 1.807) is 12.3 Å². The predicted octanol–water partition coefficient (Wildman–Crippen LogP) is 2.72. The van der Waals surface area contributed by atoms with Gasteiger partial charge in [-0.05, 0) is 37.2 Å². The maximum Gasteiger partial charge on any atom is 0.247 e. The molecular weight excluding hydrogens is 302 g/mol. The molecule has 1 aliphatic carbocycles. The molecule has 4 rings (SSSR count). The van der Waals surface area contributed by atoms with Gasteiger partial charge in [0.2, 0.25) is 11.5 Å². The Morgan fingerprint density at radius 3 is 2.46 bits per heavy atom. The molecule has 6 nitrogen and oxygen atoms in total. The highest BCUT2D eigenvalue weighted by Crippen LogP contribution is 2.45. The Morgan fingerprint density at radius 1 is 1.04 bits per heavy atom. The van der Waals surface area contributed by atoms with Crippen LogP contribution in [0.1, 0.15) is 44.9 Å². The smallest absolute Gasteiger partial charge is 0.247 e. The zero-order chi connectivity index (χ0) is 16.6. The van der Waals surface area contributed by atoms with Gasteiger partial charge in [0, 0.05) is 38.0 Å². The van der Waals surface area contributed by atoms with Crippen molar-refractivity contribution in [1.29, 1.82) is 0 Å². The zero-order valence-electron chi connectivity index (χ0n) is 14.3. The number of rotatable bonds is 2. The number of nitrogens with zero attached hydrogens (tertiary/aromatic N) is 4. The van der Waals surface area contributed by atoms with E-state index in [9.17, 15) is 4.79 Å². The van der Waals surface area contributed by atoms with Crippen molar-refractivity contribution >= 4 is 5.95 Å². The van der Waals surface area contributed by atoms with E-state index >= 15 is 0 Å². The highest BCUT2D eigenvalue weighted by atomic mass is 16.1. The lowest BCUT2D eigenvalue weighted by molar-refractivity contribution is 0.143. The third kappa shape index (κ3) is 2.74. The van der Waals surface area contributed by atoms with Crippen LogP contribution < -0.4 is 10.5 Å². The van der Waals surface area contributed by atoms with Gasteiger partial charge in [-0.25, -0.2) is 0 Å². The normalized spacial score (nSPS) is 20.5. The van der Waals surface area contributed by atoms with Gasteiger partial charge in [0.25, 0.3) is 0 Å². The second-order valence-corrected chi connectivity index (χ2v) is 7.37. The van der Waals surface area contributed by atoms with Gasteiger partial charge < -0.3 is 9.88 Å². The molecule has 0 aromatic carbocycles.